The Morgan fingerprint density at radius 2 is 2.38 bits per heavy atom. The Morgan fingerprint density at radius 1 is 1.46 bits per heavy atom. The number of nitrogens with zero attached hydrogens (tertiary/aromatic N) is 2. The highest BCUT2D eigenvalue weighted by molar-refractivity contribution is 7.15. The molecule has 2 aromatic heterocycles. The third-order valence-corrected chi connectivity index (χ3v) is 3.11. The zero-order valence-corrected chi connectivity index (χ0v) is 8.78. The number of rotatable bonds is 3. The van der Waals surface area contributed by atoms with Gasteiger partial charge < -0.3 is 5.32 Å². The van der Waals surface area contributed by atoms with Crippen LogP contribution in [-0.2, 0) is 0 Å². The second kappa shape index (κ2) is 3.85. The van der Waals surface area contributed by atoms with Crippen molar-refractivity contribution < 1.29 is 0 Å². The van der Waals surface area contributed by atoms with Gasteiger partial charge in [0.25, 0.3) is 0 Å². The van der Waals surface area contributed by atoms with Crippen LogP contribution in [0.4, 0.5) is 5.13 Å². The highest BCUT2D eigenvalue weighted by Gasteiger charge is 2.04. The summed E-state index contributed by atoms with van der Waals surface area (Å²) in [5.41, 5.74) is 2.84. The number of hydrogen-bond acceptors (Lipinski definition) is 5. The fourth-order valence-electron chi connectivity index (χ4n) is 0.962. The Balaban J connectivity index is 2.23. The lowest BCUT2D eigenvalue weighted by Gasteiger charge is -1.93. The molecule has 0 fully saturated rings. The van der Waals surface area contributed by atoms with Gasteiger partial charge in [-0.25, -0.2) is 4.98 Å². The standard InChI is InChI=1S/C8H9N3S2/c1-2-10-8-11-6(4-12-8)7-3-9-5-13-7/h3-5H,2H2,1H3,(H,10,11). The van der Waals surface area contributed by atoms with Crippen LogP contribution in [0.15, 0.2) is 17.1 Å². The maximum absolute atomic E-state index is 4.42. The number of nitrogens with one attached hydrogen (secondary N) is 1. The minimum Gasteiger partial charge on any atom is -0.362 e. The van der Waals surface area contributed by atoms with Crippen molar-refractivity contribution in [3.63, 3.8) is 0 Å². The minimum absolute atomic E-state index is 0.912. The van der Waals surface area contributed by atoms with Crippen LogP contribution in [0.2, 0.25) is 0 Å². The average Bonchev–Trinajstić information content (AvgIpc) is 2.70. The highest BCUT2D eigenvalue weighted by atomic mass is 32.1. The van der Waals surface area contributed by atoms with Crippen molar-refractivity contribution in [1.29, 1.82) is 0 Å². The van der Waals surface area contributed by atoms with Gasteiger partial charge in [0.1, 0.15) is 0 Å². The summed E-state index contributed by atoms with van der Waals surface area (Å²) in [6.07, 6.45) is 1.84. The molecule has 2 aromatic rings. The SMILES string of the molecule is CCNc1nc(-c2cncs2)cs1. The fraction of sp³-hybridized carbons (Fsp3) is 0.250. The fourth-order valence-corrected chi connectivity index (χ4v) is 2.40. The van der Waals surface area contributed by atoms with E-state index in [4.69, 9.17) is 0 Å². The van der Waals surface area contributed by atoms with Gasteiger partial charge in [0.15, 0.2) is 5.13 Å². The minimum atomic E-state index is 0.912. The molecule has 2 rings (SSSR count). The molecule has 1 N–H and O–H groups in total. The van der Waals surface area contributed by atoms with E-state index in [-0.39, 0.29) is 0 Å². The summed E-state index contributed by atoms with van der Waals surface area (Å²) < 4.78 is 0. The lowest BCUT2D eigenvalue weighted by Crippen LogP contribution is -1.94. The van der Waals surface area contributed by atoms with E-state index in [1.807, 2.05) is 17.1 Å². The molecule has 68 valence electrons. The lowest BCUT2D eigenvalue weighted by atomic mass is 10.4. The van der Waals surface area contributed by atoms with Crippen LogP contribution in [0.5, 0.6) is 0 Å². The van der Waals surface area contributed by atoms with Crippen LogP contribution < -0.4 is 5.32 Å². The van der Waals surface area contributed by atoms with Crippen molar-refractivity contribution in [2.24, 2.45) is 0 Å². The Labute approximate surface area is 84.5 Å². The van der Waals surface area contributed by atoms with Gasteiger partial charge in [0.05, 0.1) is 16.1 Å². The van der Waals surface area contributed by atoms with Crippen LogP contribution in [-0.4, -0.2) is 16.5 Å². The molecule has 0 aromatic carbocycles. The van der Waals surface area contributed by atoms with E-state index in [1.165, 1.54) is 0 Å². The molecule has 0 saturated heterocycles. The first kappa shape index (κ1) is 8.65. The first-order valence-corrected chi connectivity index (χ1v) is 5.74. The molecule has 0 radical (unpaired) electrons. The van der Waals surface area contributed by atoms with E-state index < -0.39 is 0 Å². The van der Waals surface area contributed by atoms with Crippen LogP contribution in [0, 0.1) is 0 Å². The summed E-state index contributed by atoms with van der Waals surface area (Å²) in [4.78, 5) is 9.56. The first-order chi connectivity index (χ1) is 6.40. The van der Waals surface area contributed by atoms with Gasteiger partial charge in [-0.3, -0.25) is 4.98 Å². The van der Waals surface area contributed by atoms with E-state index in [9.17, 15) is 0 Å². The Hall–Kier alpha value is -0.940. The zero-order chi connectivity index (χ0) is 9.10. The molecule has 0 bridgehead atoms. The maximum Gasteiger partial charge on any atom is 0.183 e. The molecule has 0 aliphatic rings. The predicted molar refractivity (Wildman–Crippen MR) is 57.4 cm³/mol. The van der Waals surface area contributed by atoms with Gasteiger partial charge in [-0.2, -0.15) is 0 Å². The van der Waals surface area contributed by atoms with E-state index in [0.29, 0.717) is 0 Å². The van der Waals surface area contributed by atoms with E-state index >= 15 is 0 Å². The molecule has 2 heterocycles. The summed E-state index contributed by atoms with van der Waals surface area (Å²) in [6.45, 7) is 2.98. The normalized spacial score (nSPS) is 10.2. The van der Waals surface area contributed by atoms with Crippen LogP contribution in [0.3, 0.4) is 0 Å². The Kier molecular flexibility index (Phi) is 2.56. The summed E-state index contributed by atoms with van der Waals surface area (Å²) in [7, 11) is 0. The number of aromatic nitrogens is 2. The van der Waals surface area contributed by atoms with E-state index in [0.717, 1.165) is 22.2 Å². The van der Waals surface area contributed by atoms with Crippen molar-refractivity contribution in [3.05, 3.63) is 17.1 Å². The molecule has 0 aliphatic carbocycles. The zero-order valence-electron chi connectivity index (χ0n) is 7.15. The van der Waals surface area contributed by atoms with E-state index in [1.54, 1.807) is 22.7 Å². The van der Waals surface area contributed by atoms with Crippen molar-refractivity contribution in [2.75, 3.05) is 11.9 Å². The molecule has 3 nitrogen and oxygen atoms in total. The van der Waals surface area contributed by atoms with E-state index in [2.05, 4.69) is 22.2 Å². The molecule has 0 amide bonds. The topological polar surface area (TPSA) is 37.8 Å². The van der Waals surface area contributed by atoms with Gasteiger partial charge in [0, 0.05) is 18.1 Å². The molecule has 13 heavy (non-hydrogen) atoms. The Morgan fingerprint density at radius 3 is 3.08 bits per heavy atom. The summed E-state index contributed by atoms with van der Waals surface area (Å²) in [5.74, 6) is 0. The molecule has 0 atom stereocenters. The number of hydrogen-bond donors (Lipinski definition) is 1. The maximum atomic E-state index is 4.42. The van der Waals surface area contributed by atoms with Crippen molar-refractivity contribution >= 4 is 27.8 Å². The second-order valence-corrected chi connectivity index (χ2v) is 4.18. The summed E-state index contributed by atoms with van der Waals surface area (Å²) >= 11 is 3.24. The van der Waals surface area contributed by atoms with Crippen molar-refractivity contribution in [3.8, 4) is 10.6 Å². The molecular weight excluding hydrogens is 202 g/mol. The van der Waals surface area contributed by atoms with Crippen molar-refractivity contribution in [1.82, 2.24) is 9.97 Å². The van der Waals surface area contributed by atoms with Gasteiger partial charge >= 0.3 is 0 Å². The summed E-state index contributed by atoms with van der Waals surface area (Å²) in [5, 5.41) is 6.21. The number of anilines is 1. The average molecular weight is 211 g/mol. The third-order valence-electron chi connectivity index (χ3n) is 1.52. The lowest BCUT2D eigenvalue weighted by molar-refractivity contribution is 1.19. The van der Waals surface area contributed by atoms with Crippen LogP contribution >= 0.6 is 22.7 Å². The third kappa shape index (κ3) is 1.87. The van der Waals surface area contributed by atoms with Gasteiger partial charge in [-0.1, -0.05) is 0 Å². The monoisotopic (exact) mass is 211 g/mol. The second-order valence-electron chi connectivity index (χ2n) is 2.43. The summed E-state index contributed by atoms with van der Waals surface area (Å²) in [6, 6.07) is 0. The first-order valence-electron chi connectivity index (χ1n) is 3.98. The quantitative estimate of drug-likeness (QED) is 0.848. The molecule has 5 heteroatoms. The van der Waals surface area contributed by atoms with Crippen molar-refractivity contribution in [2.45, 2.75) is 6.92 Å². The van der Waals surface area contributed by atoms with Gasteiger partial charge in [-0.15, -0.1) is 22.7 Å². The Bertz CT molecular complexity index is 366. The smallest absolute Gasteiger partial charge is 0.183 e. The van der Waals surface area contributed by atoms with Crippen LogP contribution in [0.25, 0.3) is 10.6 Å². The highest BCUT2D eigenvalue weighted by Crippen LogP contribution is 2.26. The molecule has 0 spiro atoms. The molecule has 0 aliphatic heterocycles. The largest absolute Gasteiger partial charge is 0.362 e. The van der Waals surface area contributed by atoms with Crippen LogP contribution in [0.1, 0.15) is 6.92 Å². The molecular formula is C8H9N3S2. The number of thiazole rings is 2. The predicted octanol–water partition coefficient (Wildman–Crippen LogP) is 2.70. The van der Waals surface area contributed by atoms with Gasteiger partial charge in [0.2, 0.25) is 0 Å². The molecule has 0 unspecified atom stereocenters. The molecule has 0 saturated carbocycles. The van der Waals surface area contributed by atoms with Gasteiger partial charge in [-0.05, 0) is 6.92 Å².